The van der Waals surface area contributed by atoms with Crippen LogP contribution in [-0.2, 0) is 0 Å². The Balaban J connectivity index is 2.68. The number of hydrogen-bond acceptors (Lipinski definition) is 2. The van der Waals surface area contributed by atoms with Gasteiger partial charge in [0.05, 0.1) is 6.34 Å². The molecule has 1 atom stereocenters. The lowest BCUT2D eigenvalue weighted by Gasteiger charge is -2.29. The smallest absolute Gasteiger partial charge is 0.315 e. The molecule has 4 heteroatoms. The summed E-state index contributed by atoms with van der Waals surface area (Å²) in [5.74, 6) is 0. The van der Waals surface area contributed by atoms with Crippen molar-refractivity contribution in [1.29, 1.82) is 0 Å². The van der Waals surface area contributed by atoms with Crippen molar-refractivity contribution in [2.24, 2.45) is 10.4 Å². The van der Waals surface area contributed by atoms with Gasteiger partial charge in [-0.2, -0.15) is 0 Å². The molecule has 0 radical (unpaired) electrons. The number of aliphatic imine (C=N–C) groups is 1. The molecule has 1 aliphatic heterocycles. The first-order valence-electron chi connectivity index (χ1n) is 3.59. The summed E-state index contributed by atoms with van der Waals surface area (Å²) in [5.41, 5.74) is -0.0196. The molecule has 2 amide bonds. The third kappa shape index (κ3) is 1.93. The summed E-state index contributed by atoms with van der Waals surface area (Å²) in [6, 6.07) is -0.181. The minimum Gasteiger partial charge on any atom is -0.315 e. The molecule has 1 heterocycles. The Morgan fingerprint density at radius 2 is 2.18 bits per heavy atom. The van der Waals surface area contributed by atoms with Crippen molar-refractivity contribution in [3.63, 3.8) is 0 Å². The van der Waals surface area contributed by atoms with Crippen molar-refractivity contribution < 1.29 is 4.79 Å². The molecule has 0 bridgehead atoms. The van der Waals surface area contributed by atoms with Crippen LogP contribution in [0.1, 0.15) is 20.8 Å². The van der Waals surface area contributed by atoms with Gasteiger partial charge >= 0.3 is 6.03 Å². The van der Waals surface area contributed by atoms with Crippen LogP contribution in [0.2, 0.25) is 0 Å². The fourth-order valence-corrected chi connectivity index (χ4v) is 0.814. The summed E-state index contributed by atoms with van der Waals surface area (Å²) in [7, 11) is 0. The molecule has 0 fully saturated rings. The third-order valence-electron chi connectivity index (χ3n) is 1.51. The van der Waals surface area contributed by atoms with E-state index in [-0.39, 0.29) is 17.6 Å². The van der Waals surface area contributed by atoms with Crippen LogP contribution in [0.25, 0.3) is 0 Å². The van der Waals surface area contributed by atoms with Crippen LogP contribution in [0.5, 0.6) is 0 Å². The second-order valence-electron chi connectivity index (χ2n) is 3.66. The van der Waals surface area contributed by atoms with Crippen LogP contribution >= 0.6 is 0 Å². The molecule has 0 aromatic carbocycles. The zero-order chi connectivity index (χ0) is 8.48. The largest absolute Gasteiger partial charge is 0.321 e. The van der Waals surface area contributed by atoms with Crippen LogP contribution in [0.15, 0.2) is 4.99 Å². The highest BCUT2D eigenvalue weighted by molar-refractivity contribution is 5.88. The molecule has 0 saturated heterocycles. The first kappa shape index (κ1) is 8.04. The summed E-state index contributed by atoms with van der Waals surface area (Å²) >= 11 is 0. The van der Waals surface area contributed by atoms with E-state index in [4.69, 9.17) is 0 Å². The SMILES string of the molecule is CC(C)(C)C1N=CNC(=O)N1. The lowest BCUT2D eigenvalue weighted by atomic mass is 9.92. The van der Waals surface area contributed by atoms with Gasteiger partial charge < -0.3 is 5.32 Å². The highest BCUT2D eigenvalue weighted by Gasteiger charge is 2.26. The van der Waals surface area contributed by atoms with Gasteiger partial charge in [-0.1, -0.05) is 20.8 Å². The van der Waals surface area contributed by atoms with Crippen molar-refractivity contribution in [2.75, 3.05) is 0 Å². The minimum absolute atomic E-state index is 0.0196. The zero-order valence-electron chi connectivity index (χ0n) is 7.01. The Hall–Kier alpha value is -1.06. The number of carbonyl (C=O) groups is 1. The molecule has 0 aromatic rings. The van der Waals surface area contributed by atoms with E-state index in [1.54, 1.807) is 0 Å². The van der Waals surface area contributed by atoms with E-state index in [0.29, 0.717) is 0 Å². The Labute approximate surface area is 66.1 Å². The quantitative estimate of drug-likeness (QED) is 0.531. The van der Waals surface area contributed by atoms with Gasteiger partial charge in [0.15, 0.2) is 0 Å². The average molecular weight is 155 g/mol. The summed E-state index contributed by atoms with van der Waals surface area (Å²) in [5, 5.41) is 5.15. The van der Waals surface area contributed by atoms with Gasteiger partial charge in [-0.3, -0.25) is 10.3 Å². The van der Waals surface area contributed by atoms with Crippen molar-refractivity contribution in [1.82, 2.24) is 10.6 Å². The van der Waals surface area contributed by atoms with Crippen LogP contribution < -0.4 is 10.6 Å². The molecule has 2 N–H and O–H groups in total. The lowest BCUT2D eigenvalue weighted by molar-refractivity contribution is 0.220. The topological polar surface area (TPSA) is 53.5 Å². The van der Waals surface area contributed by atoms with Crippen molar-refractivity contribution >= 4 is 12.4 Å². The monoisotopic (exact) mass is 155 g/mol. The molecule has 0 spiro atoms. The van der Waals surface area contributed by atoms with E-state index in [0.717, 1.165) is 0 Å². The molecule has 4 nitrogen and oxygen atoms in total. The van der Waals surface area contributed by atoms with Gasteiger partial charge in [-0.05, 0) is 0 Å². The minimum atomic E-state index is -0.181. The maximum Gasteiger partial charge on any atom is 0.321 e. The second kappa shape index (κ2) is 2.53. The Morgan fingerprint density at radius 1 is 1.55 bits per heavy atom. The van der Waals surface area contributed by atoms with Gasteiger partial charge in [0.25, 0.3) is 0 Å². The van der Waals surface area contributed by atoms with Crippen LogP contribution in [0.4, 0.5) is 4.79 Å². The second-order valence-corrected chi connectivity index (χ2v) is 3.66. The zero-order valence-corrected chi connectivity index (χ0v) is 7.01. The van der Waals surface area contributed by atoms with E-state index in [1.165, 1.54) is 6.34 Å². The molecule has 0 saturated carbocycles. The first-order valence-corrected chi connectivity index (χ1v) is 3.59. The van der Waals surface area contributed by atoms with E-state index >= 15 is 0 Å². The predicted octanol–water partition coefficient (Wildman–Crippen LogP) is 0.700. The maximum atomic E-state index is 10.8. The normalized spacial score (nSPS) is 24.3. The molecular formula is C7H13N3O. The van der Waals surface area contributed by atoms with Crippen molar-refractivity contribution in [3.05, 3.63) is 0 Å². The van der Waals surface area contributed by atoms with E-state index in [1.807, 2.05) is 20.8 Å². The van der Waals surface area contributed by atoms with Gasteiger partial charge in [-0.15, -0.1) is 0 Å². The number of nitrogens with one attached hydrogen (secondary N) is 2. The number of carbonyl (C=O) groups excluding carboxylic acids is 1. The van der Waals surface area contributed by atoms with Gasteiger partial charge in [0.1, 0.15) is 6.17 Å². The van der Waals surface area contributed by atoms with Crippen LogP contribution in [-0.4, -0.2) is 18.5 Å². The first-order chi connectivity index (χ1) is 5.00. The number of rotatable bonds is 0. The number of nitrogens with zero attached hydrogens (tertiary/aromatic N) is 1. The molecular weight excluding hydrogens is 142 g/mol. The summed E-state index contributed by atoms with van der Waals surface area (Å²) in [6.07, 6.45) is 1.32. The fraction of sp³-hybridized carbons (Fsp3) is 0.714. The van der Waals surface area contributed by atoms with E-state index in [2.05, 4.69) is 15.6 Å². The van der Waals surface area contributed by atoms with E-state index < -0.39 is 0 Å². The Kier molecular flexibility index (Phi) is 1.85. The van der Waals surface area contributed by atoms with Crippen LogP contribution in [0.3, 0.4) is 0 Å². The standard InChI is InChI=1S/C7H13N3O/c1-7(2,3)5-8-4-9-6(11)10-5/h4-5H,1-3H3,(H2,8,9,10,11). The maximum absolute atomic E-state index is 10.8. The summed E-state index contributed by atoms with van der Waals surface area (Å²) < 4.78 is 0. The number of urea groups is 1. The Bertz CT molecular complexity index is 192. The van der Waals surface area contributed by atoms with E-state index in [9.17, 15) is 4.79 Å². The highest BCUT2D eigenvalue weighted by Crippen LogP contribution is 2.20. The lowest BCUT2D eigenvalue weighted by Crippen LogP contribution is -2.50. The molecule has 11 heavy (non-hydrogen) atoms. The number of amides is 2. The molecule has 1 aliphatic rings. The Morgan fingerprint density at radius 3 is 2.55 bits per heavy atom. The van der Waals surface area contributed by atoms with Gasteiger partial charge in [-0.25, -0.2) is 4.79 Å². The van der Waals surface area contributed by atoms with Gasteiger partial charge in [0, 0.05) is 5.41 Å². The molecule has 0 aromatic heterocycles. The fourth-order valence-electron chi connectivity index (χ4n) is 0.814. The molecule has 1 unspecified atom stereocenters. The average Bonchev–Trinajstić information content (AvgIpc) is 1.86. The van der Waals surface area contributed by atoms with Crippen molar-refractivity contribution in [2.45, 2.75) is 26.9 Å². The molecule has 0 aliphatic carbocycles. The predicted molar refractivity (Wildman–Crippen MR) is 43.4 cm³/mol. The highest BCUT2D eigenvalue weighted by atomic mass is 16.2. The summed E-state index contributed by atoms with van der Waals surface area (Å²) in [6.45, 7) is 6.09. The van der Waals surface area contributed by atoms with Crippen LogP contribution in [0, 0.1) is 5.41 Å². The van der Waals surface area contributed by atoms with Crippen molar-refractivity contribution in [3.8, 4) is 0 Å². The third-order valence-corrected chi connectivity index (χ3v) is 1.51. The number of hydrogen-bond donors (Lipinski definition) is 2. The van der Waals surface area contributed by atoms with Gasteiger partial charge in [0.2, 0.25) is 0 Å². The molecule has 1 rings (SSSR count). The molecule has 62 valence electrons. The summed E-state index contributed by atoms with van der Waals surface area (Å²) in [4.78, 5) is 14.9.